The molecule has 0 fully saturated rings. The number of hydrogen-bond donors (Lipinski definition) is 3. The van der Waals surface area contributed by atoms with Gasteiger partial charge in [0.25, 0.3) is 5.91 Å². The Morgan fingerprint density at radius 3 is 2.95 bits per heavy atom. The van der Waals surface area contributed by atoms with Crippen LogP contribution in [0.25, 0.3) is 10.9 Å². The van der Waals surface area contributed by atoms with E-state index in [0.717, 1.165) is 10.9 Å². The maximum Gasteiger partial charge on any atom is 0.325 e. The Kier molecular flexibility index (Phi) is 3.70. The first-order chi connectivity index (χ1) is 9.11. The van der Waals surface area contributed by atoms with Crippen molar-refractivity contribution in [3.8, 4) is 0 Å². The summed E-state index contributed by atoms with van der Waals surface area (Å²) >= 11 is 0. The summed E-state index contributed by atoms with van der Waals surface area (Å²) in [5.74, 6) is -0.805. The van der Waals surface area contributed by atoms with Gasteiger partial charge in [0.15, 0.2) is 0 Å². The molecule has 0 atom stereocenters. The monoisotopic (exact) mass is 261 g/mol. The molecule has 6 nitrogen and oxygen atoms in total. The lowest BCUT2D eigenvalue weighted by atomic mass is 10.1. The topological polar surface area (TPSA) is 97.2 Å². The first-order valence-electron chi connectivity index (χ1n) is 5.92. The van der Waals surface area contributed by atoms with Crippen molar-refractivity contribution in [1.29, 1.82) is 0 Å². The van der Waals surface area contributed by atoms with Crippen molar-refractivity contribution < 1.29 is 14.3 Å². The van der Waals surface area contributed by atoms with E-state index < -0.39 is 5.97 Å². The smallest absolute Gasteiger partial charge is 0.325 e. The second-order valence-corrected chi connectivity index (χ2v) is 4.00. The number of benzene rings is 1. The zero-order valence-corrected chi connectivity index (χ0v) is 10.5. The van der Waals surface area contributed by atoms with Gasteiger partial charge in [-0.1, -0.05) is 0 Å². The number of ether oxygens (including phenoxy) is 1. The Bertz CT molecular complexity index is 619. The van der Waals surface area contributed by atoms with Crippen LogP contribution in [0.3, 0.4) is 0 Å². The molecule has 0 bridgehead atoms. The SMILES string of the molecule is CCOC(=O)CNC(=O)c1c[nH]c2ccc(N)cc12. The molecule has 0 radical (unpaired) electrons. The van der Waals surface area contributed by atoms with Crippen LogP contribution < -0.4 is 11.1 Å². The third-order valence-electron chi connectivity index (χ3n) is 2.65. The van der Waals surface area contributed by atoms with Crippen molar-refractivity contribution >= 4 is 28.5 Å². The molecule has 0 spiro atoms. The molecule has 0 aliphatic heterocycles. The Balaban J connectivity index is 2.13. The van der Waals surface area contributed by atoms with Crippen molar-refractivity contribution in [2.24, 2.45) is 0 Å². The number of nitrogens with two attached hydrogens (primary N) is 1. The summed E-state index contributed by atoms with van der Waals surface area (Å²) < 4.78 is 4.73. The highest BCUT2D eigenvalue weighted by Gasteiger charge is 2.13. The summed E-state index contributed by atoms with van der Waals surface area (Å²) in [7, 11) is 0. The van der Waals surface area contributed by atoms with E-state index in [1.807, 2.05) is 0 Å². The largest absolute Gasteiger partial charge is 0.465 e. The molecule has 1 aromatic heterocycles. The van der Waals surface area contributed by atoms with Gasteiger partial charge in [0.05, 0.1) is 12.2 Å². The van der Waals surface area contributed by atoms with Gasteiger partial charge in [0, 0.05) is 22.8 Å². The van der Waals surface area contributed by atoms with Crippen molar-refractivity contribution in [3.05, 3.63) is 30.0 Å². The first kappa shape index (κ1) is 12.9. The maximum atomic E-state index is 12.0. The fourth-order valence-electron chi connectivity index (χ4n) is 1.79. The second-order valence-electron chi connectivity index (χ2n) is 4.00. The van der Waals surface area contributed by atoms with Crippen LogP contribution in [0.15, 0.2) is 24.4 Å². The van der Waals surface area contributed by atoms with Gasteiger partial charge < -0.3 is 20.8 Å². The van der Waals surface area contributed by atoms with E-state index in [1.165, 1.54) is 0 Å². The van der Waals surface area contributed by atoms with E-state index in [1.54, 1.807) is 31.3 Å². The molecule has 1 amide bonds. The van der Waals surface area contributed by atoms with Gasteiger partial charge in [0.2, 0.25) is 0 Å². The molecular weight excluding hydrogens is 246 g/mol. The van der Waals surface area contributed by atoms with E-state index in [4.69, 9.17) is 10.5 Å². The molecule has 1 aromatic carbocycles. The predicted molar refractivity (Wildman–Crippen MR) is 71.7 cm³/mol. The predicted octanol–water partition coefficient (Wildman–Crippen LogP) is 1.04. The number of hydrogen-bond acceptors (Lipinski definition) is 4. The molecule has 4 N–H and O–H groups in total. The highest BCUT2D eigenvalue weighted by molar-refractivity contribution is 6.08. The number of H-pyrrole nitrogens is 1. The fourth-order valence-corrected chi connectivity index (χ4v) is 1.79. The average Bonchev–Trinajstić information content (AvgIpc) is 2.79. The van der Waals surface area contributed by atoms with Crippen LogP contribution in [0.1, 0.15) is 17.3 Å². The van der Waals surface area contributed by atoms with Crippen LogP contribution in [-0.4, -0.2) is 30.0 Å². The van der Waals surface area contributed by atoms with Gasteiger partial charge in [-0.25, -0.2) is 0 Å². The zero-order chi connectivity index (χ0) is 13.8. The average molecular weight is 261 g/mol. The molecule has 0 saturated carbocycles. The number of aromatic nitrogens is 1. The molecule has 1 heterocycles. The molecule has 0 unspecified atom stereocenters. The number of esters is 1. The number of aromatic amines is 1. The molecular formula is C13H15N3O3. The number of amides is 1. The van der Waals surface area contributed by atoms with Crippen LogP contribution in [-0.2, 0) is 9.53 Å². The van der Waals surface area contributed by atoms with Gasteiger partial charge in [-0.15, -0.1) is 0 Å². The van der Waals surface area contributed by atoms with Gasteiger partial charge >= 0.3 is 5.97 Å². The van der Waals surface area contributed by atoms with Crippen LogP contribution in [0.2, 0.25) is 0 Å². The number of fused-ring (bicyclic) bond motifs is 1. The summed E-state index contributed by atoms with van der Waals surface area (Å²) in [5.41, 5.74) is 7.54. The van der Waals surface area contributed by atoms with E-state index in [9.17, 15) is 9.59 Å². The normalized spacial score (nSPS) is 10.4. The standard InChI is InChI=1S/C13H15N3O3/c1-2-19-12(17)7-16-13(18)10-6-15-11-4-3-8(14)5-9(10)11/h3-6,15H,2,7,14H2,1H3,(H,16,18). The highest BCUT2D eigenvalue weighted by Crippen LogP contribution is 2.20. The third kappa shape index (κ3) is 2.85. The minimum Gasteiger partial charge on any atom is -0.465 e. The molecule has 2 aromatic rings. The molecule has 2 rings (SSSR count). The zero-order valence-electron chi connectivity index (χ0n) is 10.5. The van der Waals surface area contributed by atoms with Crippen molar-refractivity contribution in [2.75, 3.05) is 18.9 Å². The number of nitrogens with one attached hydrogen (secondary N) is 2. The van der Waals surface area contributed by atoms with Crippen molar-refractivity contribution in [2.45, 2.75) is 6.92 Å². The van der Waals surface area contributed by atoms with Gasteiger partial charge in [0.1, 0.15) is 6.54 Å². The van der Waals surface area contributed by atoms with Gasteiger partial charge in [-0.3, -0.25) is 9.59 Å². The fraction of sp³-hybridized carbons (Fsp3) is 0.231. The summed E-state index contributed by atoms with van der Waals surface area (Å²) in [6, 6.07) is 5.26. The van der Waals surface area contributed by atoms with Gasteiger partial charge in [-0.2, -0.15) is 0 Å². The third-order valence-corrected chi connectivity index (χ3v) is 2.65. The summed E-state index contributed by atoms with van der Waals surface area (Å²) in [5, 5.41) is 3.23. The maximum absolute atomic E-state index is 12.0. The quantitative estimate of drug-likeness (QED) is 0.566. The number of anilines is 1. The lowest BCUT2D eigenvalue weighted by Crippen LogP contribution is -2.30. The molecule has 6 heteroatoms. The number of carbonyl (C=O) groups excluding carboxylic acids is 2. The van der Waals surface area contributed by atoms with Crippen molar-refractivity contribution in [3.63, 3.8) is 0 Å². The van der Waals surface area contributed by atoms with Crippen LogP contribution in [0.4, 0.5) is 5.69 Å². The summed E-state index contributed by atoms with van der Waals surface area (Å²) in [6.45, 7) is 1.85. The van der Waals surface area contributed by atoms with Crippen LogP contribution in [0, 0.1) is 0 Å². The van der Waals surface area contributed by atoms with Crippen molar-refractivity contribution in [1.82, 2.24) is 10.3 Å². The number of carbonyl (C=O) groups is 2. The summed E-state index contributed by atoms with van der Waals surface area (Å²) in [6.07, 6.45) is 1.59. The minimum atomic E-state index is -0.463. The Morgan fingerprint density at radius 1 is 1.42 bits per heavy atom. The van der Waals surface area contributed by atoms with Crippen LogP contribution in [0.5, 0.6) is 0 Å². The molecule has 19 heavy (non-hydrogen) atoms. The highest BCUT2D eigenvalue weighted by atomic mass is 16.5. The first-order valence-corrected chi connectivity index (χ1v) is 5.92. The number of rotatable bonds is 4. The van der Waals surface area contributed by atoms with Crippen LogP contribution >= 0.6 is 0 Å². The molecule has 0 saturated heterocycles. The molecule has 100 valence electrons. The lowest BCUT2D eigenvalue weighted by Gasteiger charge is -2.04. The number of nitrogen functional groups attached to an aromatic ring is 1. The Morgan fingerprint density at radius 2 is 2.21 bits per heavy atom. The Hall–Kier alpha value is -2.50. The minimum absolute atomic E-state index is 0.151. The Labute approximate surface area is 109 Å². The van der Waals surface area contributed by atoms with Gasteiger partial charge in [-0.05, 0) is 25.1 Å². The lowest BCUT2D eigenvalue weighted by molar-refractivity contribution is -0.141. The van der Waals surface area contributed by atoms with E-state index in [-0.39, 0.29) is 12.5 Å². The second kappa shape index (κ2) is 5.43. The summed E-state index contributed by atoms with van der Waals surface area (Å²) in [4.78, 5) is 26.1. The molecule has 0 aliphatic carbocycles. The van der Waals surface area contributed by atoms with E-state index in [2.05, 4.69) is 10.3 Å². The van der Waals surface area contributed by atoms with E-state index in [0.29, 0.717) is 17.9 Å². The molecule has 0 aliphatic rings. The van der Waals surface area contributed by atoms with E-state index >= 15 is 0 Å².